The highest BCUT2D eigenvalue weighted by atomic mass is 32.1. The lowest BCUT2D eigenvalue weighted by Gasteiger charge is -2.34. The average molecular weight is 329 g/mol. The van der Waals surface area contributed by atoms with Crippen molar-refractivity contribution in [3.05, 3.63) is 42.1 Å². The van der Waals surface area contributed by atoms with Gasteiger partial charge in [0.15, 0.2) is 0 Å². The van der Waals surface area contributed by atoms with Gasteiger partial charge in [-0.2, -0.15) is 5.10 Å². The fraction of sp³-hybridized carbons (Fsp3) is 0.438. The topological polar surface area (TPSA) is 60.0 Å². The molecule has 0 bridgehead atoms. The molecule has 4 heterocycles. The molecule has 0 N–H and O–H groups in total. The monoisotopic (exact) mass is 329 g/mol. The number of thiophene rings is 1. The first-order valence-corrected chi connectivity index (χ1v) is 8.81. The summed E-state index contributed by atoms with van der Waals surface area (Å²) < 4.78 is 7.56. The number of aromatic nitrogens is 4. The highest BCUT2D eigenvalue weighted by molar-refractivity contribution is 7.13. The van der Waals surface area contributed by atoms with Crippen molar-refractivity contribution in [2.45, 2.75) is 38.4 Å². The van der Waals surface area contributed by atoms with E-state index in [2.05, 4.69) is 20.0 Å². The van der Waals surface area contributed by atoms with Crippen molar-refractivity contribution >= 4 is 11.3 Å². The zero-order valence-corrected chi connectivity index (χ0v) is 13.7. The van der Waals surface area contributed by atoms with Gasteiger partial charge in [-0.05, 0) is 30.8 Å². The van der Waals surface area contributed by atoms with Crippen LogP contribution in [0.1, 0.15) is 25.0 Å². The van der Waals surface area contributed by atoms with Gasteiger partial charge in [0.25, 0.3) is 0 Å². The molecule has 23 heavy (non-hydrogen) atoms. The van der Waals surface area contributed by atoms with E-state index in [9.17, 15) is 0 Å². The van der Waals surface area contributed by atoms with Crippen molar-refractivity contribution in [3.63, 3.8) is 0 Å². The van der Waals surface area contributed by atoms with Crippen LogP contribution in [-0.2, 0) is 13.1 Å². The van der Waals surface area contributed by atoms with Crippen molar-refractivity contribution < 1.29 is 4.42 Å². The molecule has 0 saturated carbocycles. The number of nitrogens with zero attached hydrogens (tertiary/aromatic N) is 5. The molecule has 1 fully saturated rings. The third-order valence-electron chi connectivity index (χ3n) is 4.26. The van der Waals surface area contributed by atoms with E-state index in [4.69, 9.17) is 4.42 Å². The molecule has 1 saturated heterocycles. The van der Waals surface area contributed by atoms with Gasteiger partial charge in [0.05, 0.1) is 17.1 Å². The molecule has 0 radical (unpaired) electrons. The van der Waals surface area contributed by atoms with Crippen LogP contribution in [0, 0.1) is 0 Å². The fourth-order valence-electron chi connectivity index (χ4n) is 3.12. The molecule has 1 unspecified atom stereocenters. The average Bonchev–Trinajstić information content (AvgIpc) is 3.31. The zero-order chi connectivity index (χ0) is 15.5. The second kappa shape index (κ2) is 6.64. The Bertz CT molecular complexity index is 722. The molecule has 0 spiro atoms. The van der Waals surface area contributed by atoms with Crippen molar-refractivity contribution in [1.29, 1.82) is 0 Å². The van der Waals surface area contributed by atoms with Gasteiger partial charge in [0, 0.05) is 12.6 Å². The quantitative estimate of drug-likeness (QED) is 0.720. The SMILES string of the molecule is c1csc(-c2nc(CN3CCCCC3Cn3cncn3)co2)c1. The lowest BCUT2D eigenvalue weighted by Crippen LogP contribution is -2.41. The maximum Gasteiger partial charge on any atom is 0.236 e. The van der Waals surface area contributed by atoms with Crippen LogP contribution in [0.2, 0.25) is 0 Å². The summed E-state index contributed by atoms with van der Waals surface area (Å²) in [4.78, 5) is 12.2. The molecule has 1 aliphatic rings. The summed E-state index contributed by atoms with van der Waals surface area (Å²) in [5, 5.41) is 6.28. The smallest absolute Gasteiger partial charge is 0.236 e. The first-order chi connectivity index (χ1) is 11.4. The summed E-state index contributed by atoms with van der Waals surface area (Å²) in [6, 6.07) is 4.53. The van der Waals surface area contributed by atoms with E-state index in [1.807, 2.05) is 22.2 Å². The molecule has 7 heteroatoms. The number of piperidine rings is 1. The molecule has 3 aromatic heterocycles. The van der Waals surface area contributed by atoms with Crippen molar-refractivity contribution in [1.82, 2.24) is 24.6 Å². The normalized spacial score (nSPS) is 19.2. The van der Waals surface area contributed by atoms with E-state index in [0.29, 0.717) is 6.04 Å². The zero-order valence-electron chi connectivity index (χ0n) is 12.8. The summed E-state index contributed by atoms with van der Waals surface area (Å²) in [6.07, 6.45) is 8.88. The number of rotatable bonds is 5. The number of likely N-dealkylation sites (tertiary alicyclic amines) is 1. The Hall–Kier alpha value is -1.99. The van der Waals surface area contributed by atoms with E-state index in [1.165, 1.54) is 19.3 Å². The predicted octanol–water partition coefficient (Wildman–Crippen LogP) is 3.05. The lowest BCUT2D eigenvalue weighted by molar-refractivity contribution is 0.120. The van der Waals surface area contributed by atoms with Crippen LogP contribution in [0.5, 0.6) is 0 Å². The Morgan fingerprint density at radius 2 is 2.35 bits per heavy atom. The number of hydrogen-bond donors (Lipinski definition) is 0. The molecule has 120 valence electrons. The van der Waals surface area contributed by atoms with Gasteiger partial charge < -0.3 is 4.42 Å². The first-order valence-electron chi connectivity index (χ1n) is 7.93. The Balaban J connectivity index is 1.45. The summed E-state index contributed by atoms with van der Waals surface area (Å²) in [5.74, 6) is 0.722. The van der Waals surface area contributed by atoms with Crippen LogP contribution in [0.15, 0.2) is 40.8 Å². The molecule has 0 aromatic carbocycles. The number of oxazole rings is 1. The Morgan fingerprint density at radius 1 is 1.35 bits per heavy atom. The standard InChI is InChI=1S/C16H19N5OS/c1-2-6-20(14(4-1)9-21-12-17-11-18-21)8-13-10-22-16(19-13)15-5-3-7-23-15/h3,5,7,10-12,14H,1-2,4,6,8-9H2. The van der Waals surface area contributed by atoms with Gasteiger partial charge in [-0.15, -0.1) is 11.3 Å². The van der Waals surface area contributed by atoms with Crippen molar-refractivity contribution in [2.75, 3.05) is 6.54 Å². The van der Waals surface area contributed by atoms with E-state index >= 15 is 0 Å². The van der Waals surface area contributed by atoms with Gasteiger partial charge >= 0.3 is 0 Å². The van der Waals surface area contributed by atoms with Crippen LogP contribution in [0.25, 0.3) is 10.8 Å². The summed E-state index contributed by atoms with van der Waals surface area (Å²) in [6.45, 7) is 2.81. The van der Waals surface area contributed by atoms with E-state index in [1.54, 1.807) is 30.3 Å². The van der Waals surface area contributed by atoms with E-state index in [0.717, 1.165) is 36.1 Å². The molecule has 6 nitrogen and oxygen atoms in total. The van der Waals surface area contributed by atoms with Crippen molar-refractivity contribution in [2.24, 2.45) is 0 Å². The van der Waals surface area contributed by atoms with E-state index in [-0.39, 0.29) is 0 Å². The lowest BCUT2D eigenvalue weighted by atomic mass is 10.0. The summed E-state index contributed by atoms with van der Waals surface area (Å²) in [7, 11) is 0. The summed E-state index contributed by atoms with van der Waals surface area (Å²) >= 11 is 1.65. The molecular weight excluding hydrogens is 310 g/mol. The predicted molar refractivity (Wildman–Crippen MR) is 87.9 cm³/mol. The van der Waals surface area contributed by atoms with Crippen LogP contribution in [0.3, 0.4) is 0 Å². The Labute approximate surface area is 138 Å². The largest absolute Gasteiger partial charge is 0.444 e. The summed E-state index contributed by atoms with van der Waals surface area (Å²) in [5.41, 5.74) is 0.999. The van der Waals surface area contributed by atoms with Gasteiger partial charge in [0.2, 0.25) is 5.89 Å². The van der Waals surface area contributed by atoms with Gasteiger partial charge in [-0.3, -0.25) is 9.58 Å². The minimum Gasteiger partial charge on any atom is -0.444 e. The minimum atomic E-state index is 0.479. The van der Waals surface area contributed by atoms with Crippen LogP contribution in [-0.4, -0.2) is 37.2 Å². The third-order valence-corrected chi connectivity index (χ3v) is 5.12. The van der Waals surface area contributed by atoms with Crippen LogP contribution in [0.4, 0.5) is 0 Å². The molecule has 3 aromatic rings. The maximum absolute atomic E-state index is 5.64. The molecule has 0 amide bonds. The second-order valence-electron chi connectivity index (χ2n) is 5.86. The Morgan fingerprint density at radius 3 is 3.17 bits per heavy atom. The van der Waals surface area contributed by atoms with Gasteiger partial charge in [-0.1, -0.05) is 12.5 Å². The molecule has 0 aliphatic carbocycles. The second-order valence-corrected chi connectivity index (χ2v) is 6.81. The third kappa shape index (κ3) is 3.35. The van der Waals surface area contributed by atoms with Gasteiger partial charge in [0.1, 0.15) is 18.9 Å². The van der Waals surface area contributed by atoms with E-state index < -0.39 is 0 Å². The maximum atomic E-state index is 5.64. The highest BCUT2D eigenvalue weighted by Gasteiger charge is 2.24. The molecule has 1 atom stereocenters. The molecule has 1 aliphatic heterocycles. The molecular formula is C16H19N5OS. The number of hydrogen-bond acceptors (Lipinski definition) is 6. The fourth-order valence-corrected chi connectivity index (χ4v) is 3.77. The minimum absolute atomic E-state index is 0.479. The van der Waals surface area contributed by atoms with Crippen molar-refractivity contribution in [3.8, 4) is 10.8 Å². The first kappa shape index (κ1) is 14.6. The molecule has 4 rings (SSSR count). The van der Waals surface area contributed by atoms with Crippen LogP contribution < -0.4 is 0 Å². The van der Waals surface area contributed by atoms with Crippen LogP contribution >= 0.6 is 11.3 Å². The van der Waals surface area contributed by atoms with Gasteiger partial charge in [-0.25, -0.2) is 9.97 Å². The Kier molecular flexibility index (Phi) is 4.21. The highest BCUT2D eigenvalue weighted by Crippen LogP contribution is 2.25.